The largest absolute Gasteiger partial charge is 0.368 e. The van der Waals surface area contributed by atoms with Gasteiger partial charge in [-0.3, -0.25) is 0 Å². The minimum atomic E-state index is -0.142. The maximum absolute atomic E-state index is 6.72. The Kier molecular flexibility index (Phi) is 7.24. The summed E-state index contributed by atoms with van der Waals surface area (Å²) in [5.74, 6) is 0.809. The Balaban J connectivity index is 1.15. The minimum Gasteiger partial charge on any atom is -0.368 e. The second kappa shape index (κ2) is 10.8. The molecule has 1 aliphatic heterocycles. The lowest BCUT2D eigenvalue weighted by molar-refractivity contribution is 0.217. The molecule has 0 amide bonds. The number of pyridine rings is 1. The summed E-state index contributed by atoms with van der Waals surface area (Å²) in [7, 11) is 1.72. The Hall–Kier alpha value is -3.48. The fourth-order valence-electron chi connectivity index (χ4n) is 5.46. The number of nitrogens with zero attached hydrogens (tertiary/aromatic N) is 5. The highest BCUT2D eigenvalue weighted by Gasteiger charge is 2.39. The van der Waals surface area contributed by atoms with Crippen LogP contribution in [0.3, 0.4) is 0 Å². The van der Waals surface area contributed by atoms with Gasteiger partial charge in [-0.1, -0.05) is 67.2 Å². The third-order valence-electron chi connectivity index (χ3n) is 8.52. The minimum absolute atomic E-state index is 0.142. The average Bonchev–Trinajstić information content (AvgIpc) is 3.92. The van der Waals surface area contributed by atoms with E-state index in [0.717, 1.165) is 96.2 Å². The molecule has 3 fully saturated rings. The fraction of sp³-hybridized carbons (Fsp3) is 0.364. The van der Waals surface area contributed by atoms with Crippen molar-refractivity contribution in [3.63, 3.8) is 0 Å². The second-order valence-corrected chi connectivity index (χ2v) is 11.8. The van der Waals surface area contributed by atoms with Gasteiger partial charge in [0.15, 0.2) is 0 Å². The van der Waals surface area contributed by atoms with Gasteiger partial charge in [-0.05, 0) is 61.3 Å². The molecule has 1 aromatic heterocycles. The van der Waals surface area contributed by atoms with Crippen LogP contribution in [0.4, 0.5) is 0 Å². The normalized spacial score (nSPS) is 18.9. The fourth-order valence-corrected chi connectivity index (χ4v) is 5.72. The Labute approximate surface area is 241 Å². The van der Waals surface area contributed by atoms with Gasteiger partial charge in [-0.2, -0.15) is 10.2 Å². The maximum Gasteiger partial charge on any atom is 0.104 e. The van der Waals surface area contributed by atoms with Crippen LogP contribution in [0.2, 0.25) is 5.02 Å². The summed E-state index contributed by atoms with van der Waals surface area (Å²) in [6, 6.07) is 16.6. The Bertz CT molecular complexity index is 1510. The van der Waals surface area contributed by atoms with E-state index in [-0.39, 0.29) is 5.54 Å². The zero-order chi connectivity index (χ0) is 27.9. The predicted molar refractivity (Wildman–Crippen MR) is 165 cm³/mol. The Morgan fingerprint density at radius 3 is 2.40 bits per heavy atom. The average molecular weight is 553 g/mol. The molecule has 3 aliphatic rings. The number of fused-ring (bicyclic) bond motifs is 1. The molecule has 0 atom stereocenters. The highest BCUT2D eigenvalue weighted by atomic mass is 35.5. The zero-order valence-electron chi connectivity index (χ0n) is 23.2. The van der Waals surface area contributed by atoms with E-state index in [1.165, 1.54) is 18.4 Å². The summed E-state index contributed by atoms with van der Waals surface area (Å²) < 4.78 is 0. The van der Waals surface area contributed by atoms with Crippen molar-refractivity contribution >= 4 is 28.2 Å². The second-order valence-electron chi connectivity index (χ2n) is 11.4. The first-order chi connectivity index (χ1) is 19.3. The Morgan fingerprint density at radius 1 is 1.05 bits per heavy atom. The molecule has 2 saturated carbocycles. The van der Waals surface area contributed by atoms with E-state index >= 15 is 0 Å². The molecule has 1 saturated heterocycles. The molecule has 2 N–H and O–H groups in total. The molecule has 3 aromatic rings. The highest BCUT2D eigenvalue weighted by Crippen LogP contribution is 2.43. The molecular formula is C33H37ClN6. The van der Waals surface area contributed by atoms with Gasteiger partial charge >= 0.3 is 0 Å². The van der Waals surface area contributed by atoms with Crippen molar-refractivity contribution < 1.29 is 0 Å². The molecule has 2 heterocycles. The lowest BCUT2D eigenvalue weighted by Gasteiger charge is -2.39. The van der Waals surface area contributed by atoms with Crippen molar-refractivity contribution in [1.82, 2.24) is 14.8 Å². The molecule has 7 heteroatoms. The predicted octanol–water partition coefficient (Wildman–Crippen LogP) is 7.37. The molecular weight excluding hydrogens is 516 g/mol. The van der Waals surface area contributed by atoms with Crippen molar-refractivity contribution in [3.05, 3.63) is 95.3 Å². The number of hydrogen-bond acceptors (Lipinski definition) is 6. The highest BCUT2D eigenvalue weighted by molar-refractivity contribution is 6.35. The van der Waals surface area contributed by atoms with Crippen LogP contribution in [0.15, 0.2) is 89.4 Å². The van der Waals surface area contributed by atoms with Gasteiger partial charge in [0.05, 0.1) is 21.9 Å². The van der Waals surface area contributed by atoms with Crippen LogP contribution >= 0.6 is 11.6 Å². The van der Waals surface area contributed by atoms with E-state index in [1.807, 2.05) is 12.1 Å². The molecule has 6 rings (SSSR count). The summed E-state index contributed by atoms with van der Waals surface area (Å²) in [5, 5.41) is 10.0. The summed E-state index contributed by atoms with van der Waals surface area (Å²) in [6.07, 6.45) is 8.00. The maximum atomic E-state index is 6.72. The number of allylic oxidation sites excluding steroid dienone is 1. The number of nitrogens with two attached hydrogens (primary N) is 1. The van der Waals surface area contributed by atoms with Crippen LogP contribution in [-0.2, 0) is 5.54 Å². The van der Waals surface area contributed by atoms with Crippen LogP contribution in [0.5, 0.6) is 0 Å². The van der Waals surface area contributed by atoms with Crippen molar-refractivity contribution in [2.75, 3.05) is 33.2 Å². The van der Waals surface area contributed by atoms with Gasteiger partial charge in [-0.25, -0.2) is 4.98 Å². The molecule has 2 aliphatic carbocycles. The molecule has 0 spiro atoms. The van der Waals surface area contributed by atoms with Crippen LogP contribution in [0.1, 0.15) is 43.2 Å². The Morgan fingerprint density at radius 2 is 1.75 bits per heavy atom. The third kappa shape index (κ3) is 5.56. The molecule has 2 aromatic carbocycles. The first-order valence-corrected chi connectivity index (χ1v) is 14.6. The topological polar surface area (TPSA) is 70.1 Å². The van der Waals surface area contributed by atoms with E-state index in [9.17, 15) is 0 Å². The molecule has 6 nitrogen and oxygen atoms in total. The van der Waals surface area contributed by atoms with Gasteiger partial charge in [0.2, 0.25) is 0 Å². The summed E-state index contributed by atoms with van der Waals surface area (Å²) in [5.41, 5.74) is 14.1. The molecule has 0 bridgehead atoms. The molecule has 0 unspecified atom stereocenters. The number of azo groups is 1. The van der Waals surface area contributed by atoms with E-state index in [4.69, 9.17) is 22.3 Å². The quantitative estimate of drug-likeness (QED) is 0.222. The van der Waals surface area contributed by atoms with Crippen molar-refractivity contribution in [2.24, 2.45) is 21.9 Å². The number of hydrogen-bond donors (Lipinski definition) is 1. The summed E-state index contributed by atoms with van der Waals surface area (Å²) >= 11 is 6.72. The molecule has 40 heavy (non-hydrogen) atoms. The number of rotatable bonds is 9. The van der Waals surface area contributed by atoms with Gasteiger partial charge in [0.25, 0.3) is 0 Å². The number of aromatic nitrogens is 1. The number of piperazine rings is 1. The van der Waals surface area contributed by atoms with E-state index in [1.54, 1.807) is 7.05 Å². The SMILES string of the molecule is C=C(/C(=C/CC1CC1)N=NC)N1CCN(C(=C)c2ccc3c(Cl)cc(-c4ccc(C5(N)CC5)cc4)nc3c2)CC1. The number of benzene rings is 2. The summed E-state index contributed by atoms with van der Waals surface area (Å²) in [4.78, 5) is 9.64. The van der Waals surface area contributed by atoms with E-state index in [2.05, 4.69) is 75.7 Å². The van der Waals surface area contributed by atoms with Crippen LogP contribution in [-0.4, -0.2) is 48.0 Å². The van der Waals surface area contributed by atoms with Crippen LogP contribution in [0.25, 0.3) is 27.9 Å². The first-order valence-electron chi connectivity index (χ1n) is 14.2. The van der Waals surface area contributed by atoms with Gasteiger partial charge in [-0.15, -0.1) is 0 Å². The van der Waals surface area contributed by atoms with Gasteiger partial charge < -0.3 is 15.5 Å². The van der Waals surface area contributed by atoms with Crippen LogP contribution in [0, 0.1) is 5.92 Å². The summed E-state index contributed by atoms with van der Waals surface area (Å²) in [6.45, 7) is 12.3. The van der Waals surface area contributed by atoms with E-state index in [0.29, 0.717) is 5.02 Å². The third-order valence-corrected chi connectivity index (χ3v) is 8.84. The van der Waals surface area contributed by atoms with Crippen molar-refractivity contribution in [2.45, 2.75) is 37.6 Å². The number of halogens is 1. The van der Waals surface area contributed by atoms with E-state index < -0.39 is 0 Å². The van der Waals surface area contributed by atoms with Crippen molar-refractivity contribution in [1.29, 1.82) is 0 Å². The molecule has 206 valence electrons. The standard InChI is InChI=1S/C33H37ClN6/c1-22(39-16-18-40(19-17-39)23(2)30(38-36-3)13-6-24-4-5-24)26-9-12-28-29(34)21-31(37-32(28)20-26)25-7-10-27(11-8-25)33(35)14-15-33/h7-13,20-21,24H,1-2,4-6,14-19,35H2,3H3/b30-13-,38-36?. The van der Waals surface area contributed by atoms with Gasteiger partial charge in [0.1, 0.15) is 5.70 Å². The van der Waals surface area contributed by atoms with Gasteiger partial charge in [0, 0.05) is 55.4 Å². The lowest BCUT2D eigenvalue weighted by Crippen LogP contribution is -2.44. The zero-order valence-corrected chi connectivity index (χ0v) is 24.0. The smallest absolute Gasteiger partial charge is 0.104 e. The molecule has 0 radical (unpaired) electrons. The van der Waals surface area contributed by atoms with Crippen LogP contribution < -0.4 is 5.73 Å². The first kappa shape index (κ1) is 26.7. The lowest BCUT2D eigenvalue weighted by atomic mass is 10.0. The van der Waals surface area contributed by atoms with Crippen molar-refractivity contribution in [3.8, 4) is 11.3 Å². The monoisotopic (exact) mass is 552 g/mol.